The maximum Gasteiger partial charge on any atom is 0.251 e. The van der Waals surface area contributed by atoms with Crippen LogP contribution in [0, 0.1) is 17.7 Å². The second-order valence-electron chi connectivity index (χ2n) is 8.90. The normalized spacial score (nSPS) is 18.2. The second-order valence-corrected chi connectivity index (χ2v) is 8.90. The molecule has 0 radical (unpaired) electrons. The molecule has 2 heterocycles. The first-order chi connectivity index (χ1) is 16.0. The molecule has 0 spiro atoms. The van der Waals surface area contributed by atoms with Crippen molar-refractivity contribution in [2.75, 3.05) is 13.1 Å². The van der Waals surface area contributed by atoms with Crippen LogP contribution in [-0.2, 0) is 16.1 Å². The van der Waals surface area contributed by atoms with Gasteiger partial charge < -0.3 is 20.0 Å². The Morgan fingerprint density at radius 1 is 1.03 bits per heavy atom. The molecule has 2 N–H and O–H groups in total. The number of nitrogens with one attached hydrogen (secondary N) is 2. The summed E-state index contributed by atoms with van der Waals surface area (Å²) >= 11 is 0. The lowest BCUT2D eigenvalue weighted by molar-refractivity contribution is -0.137. The molecular formula is C25H30FN3O4. The van der Waals surface area contributed by atoms with Crippen LogP contribution in [0.1, 0.15) is 54.6 Å². The Morgan fingerprint density at radius 3 is 2.36 bits per heavy atom. The summed E-state index contributed by atoms with van der Waals surface area (Å²) in [5.74, 6) is -0.312. The van der Waals surface area contributed by atoms with E-state index < -0.39 is 17.8 Å². The molecule has 0 unspecified atom stereocenters. The molecule has 2 aromatic rings. The van der Waals surface area contributed by atoms with E-state index in [2.05, 4.69) is 10.6 Å². The van der Waals surface area contributed by atoms with Crippen molar-refractivity contribution >= 4 is 17.7 Å². The van der Waals surface area contributed by atoms with Crippen LogP contribution >= 0.6 is 0 Å². The van der Waals surface area contributed by atoms with Gasteiger partial charge in [-0.25, -0.2) is 4.39 Å². The molecule has 1 aliphatic heterocycles. The van der Waals surface area contributed by atoms with Gasteiger partial charge in [-0.05, 0) is 68.0 Å². The number of furan rings is 1. The van der Waals surface area contributed by atoms with E-state index in [9.17, 15) is 18.8 Å². The number of likely N-dealkylation sites (tertiary alicyclic amines) is 1. The third kappa shape index (κ3) is 5.80. The van der Waals surface area contributed by atoms with Crippen LogP contribution in [0.3, 0.4) is 0 Å². The first-order valence-corrected chi connectivity index (χ1v) is 11.7. The molecule has 1 atom stereocenters. The first kappa shape index (κ1) is 23.0. The van der Waals surface area contributed by atoms with Gasteiger partial charge in [-0.1, -0.05) is 12.8 Å². The van der Waals surface area contributed by atoms with Crippen LogP contribution in [0.2, 0.25) is 0 Å². The number of carbonyl (C=O) groups excluding carboxylic acids is 3. The number of hydrogen-bond donors (Lipinski definition) is 2. The molecule has 1 aromatic heterocycles. The van der Waals surface area contributed by atoms with Crippen LogP contribution in [0.5, 0.6) is 0 Å². The molecule has 1 aromatic carbocycles. The predicted molar refractivity (Wildman–Crippen MR) is 119 cm³/mol. The highest BCUT2D eigenvalue weighted by molar-refractivity contribution is 5.97. The fourth-order valence-corrected chi connectivity index (χ4v) is 4.80. The van der Waals surface area contributed by atoms with Crippen molar-refractivity contribution in [2.24, 2.45) is 11.8 Å². The van der Waals surface area contributed by atoms with Gasteiger partial charge in [-0.2, -0.15) is 0 Å². The molecule has 33 heavy (non-hydrogen) atoms. The molecule has 1 saturated carbocycles. The van der Waals surface area contributed by atoms with Crippen molar-refractivity contribution in [1.29, 1.82) is 0 Å². The molecule has 2 fully saturated rings. The fourth-order valence-electron chi connectivity index (χ4n) is 4.80. The highest BCUT2D eigenvalue weighted by Gasteiger charge is 2.36. The number of hydrogen-bond acceptors (Lipinski definition) is 4. The van der Waals surface area contributed by atoms with Crippen molar-refractivity contribution in [3.8, 4) is 0 Å². The minimum absolute atomic E-state index is 0.112. The van der Waals surface area contributed by atoms with Gasteiger partial charge in [-0.15, -0.1) is 0 Å². The first-order valence-electron chi connectivity index (χ1n) is 11.7. The number of carbonyl (C=O) groups is 3. The maximum absolute atomic E-state index is 13.2. The van der Waals surface area contributed by atoms with E-state index in [1.807, 2.05) is 4.90 Å². The fraction of sp³-hybridized carbons (Fsp3) is 0.480. The van der Waals surface area contributed by atoms with E-state index >= 15 is 0 Å². The zero-order chi connectivity index (χ0) is 23.2. The third-order valence-electron chi connectivity index (χ3n) is 6.72. The molecule has 1 aliphatic carbocycles. The number of nitrogens with zero attached hydrogens (tertiary/aromatic N) is 1. The van der Waals surface area contributed by atoms with Gasteiger partial charge in [0.2, 0.25) is 11.8 Å². The van der Waals surface area contributed by atoms with E-state index in [4.69, 9.17) is 4.42 Å². The zero-order valence-corrected chi connectivity index (χ0v) is 18.6. The van der Waals surface area contributed by atoms with Gasteiger partial charge in [0.05, 0.1) is 12.8 Å². The molecule has 8 heteroatoms. The molecule has 1 saturated heterocycles. The summed E-state index contributed by atoms with van der Waals surface area (Å²) in [6.45, 7) is 1.37. The van der Waals surface area contributed by atoms with Crippen LogP contribution in [0.15, 0.2) is 47.1 Å². The molecule has 4 rings (SSSR count). The molecule has 7 nitrogen and oxygen atoms in total. The predicted octanol–water partition coefficient (Wildman–Crippen LogP) is 3.26. The van der Waals surface area contributed by atoms with Gasteiger partial charge in [0.1, 0.15) is 17.6 Å². The number of amides is 3. The third-order valence-corrected chi connectivity index (χ3v) is 6.72. The number of rotatable bonds is 7. The van der Waals surface area contributed by atoms with Crippen molar-refractivity contribution < 1.29 is 23.2 Å². The van der Waals surface area contributed by atoms with Gasteiger partial charge in [-0.3, -0.25) is 14.4 Å². The standard InChI is InChI=1S/C25H30FN3O4/c26-20-9-7-18(8-10-20)23(30)28-22(24(31)27-16-21-6-3-15-33-21)17-11-13-29(14-12-17)25(32)19-4-1-2-5-19/h3,6-10,15,17,19,22H,1-2,4-5,11-14,16H2,(H,27,31)(H,28,30)/t22-/m1/s1. The minimum Gasteiger partial charge on any atom is -0.467 e. The lowest BCUT2D eigenvalue weighted by Gasteiger charge is -2.36. The van der Waals surface area contributed by atoms with Gasteiger partial charge in [0.15, 0.2) is 0 Å². The van der Waals surface area contributed by atoms with E-state index in [1.165, 1.54) is 30.5 Å². The SMILES string of the molecule is O=C(N[C@@H](C(=O)NCc1ccco1)C1CCN(C(=O)C2CCCC2)CC1)c1ccc(F)cc1. The van der Waals surface area contributed by atoms with E-state index in [1.54, 1.807) is 12.1 Å². The lowest BCUT2D eigenvalue weighted by atomic mass is 9.87. The highest BCUT2D eigenvalue weighted by atomic mass is 19.1. The zero-order valence-electron chi connectivity index (χ0n) is 18.6. The van der Waals surface area contributed by atoms with Crippen LogP contribution < -0.4 is 10.6 Å². The van der Waals surface area contributed by atoms with Crippen molar-refractivity contribution in [3.63, 3.8) is 0 Å². The molecule has 176 valence electrons. The highest BCUT2D eigenvalue weighted by Crippen LogP contribution is 2.29. The number of piperidine rings is 1. The number of halogens is 1. The smallest absolute Gasteiger partial charge is 0.251 e. The summed E-state index contributed by atoms with van der Waals surface area (Å²) in [4.78, 5) is 40.6. The van der Waals surface area contributed by atoms with Gasteiger partial charge in [0, 0.05) is 24.6 Å². The molecule has 3 amide bonds. The van der Waals surface area contributed by atoms with Gasteiger partial charge >= 0.3 is 0 Å². The van der Waals surface area contributed by atoms with Crippen LogP contribution in [0.25, 0.3) is 0 Å². The topological polar surface area (TPSA) is 91.7 Å². The van der Waals surface area contributed by atoms with Crippen LogP contribution in [0.4, 0.5) is 4.39 Å². The van der Waals surface area contributed by atoms with Crippen LogP contribution in [-0.4, -0.2) is 41.8 Å². The number of benzene rings is 1. The Hall–Kier alpha value is -3.16. The summed E-state index contributed by atoms with van der Waals surface area (Å²) in [5, 5.41) is 5.68. The monoisotopic (exact) mass is 455 g/mol. The largest absolute Gasteiger partial charge is 0.467 e. The molecular weight excluding hydrogens is 425 g/mol. The van der Waals surface area contributed by atoms with E-state index in [0.717, 1.165) is 25.7 Å². The van der Waals surface area contributed by atoms with Crippen molar-refractivity contribution in [2.45, 2.75) is 51.1 Å². The van der Waals surface area contributed by atoms with E-state index in [-0.39, 0.29) is 35.8 Å². The van der Waals surface area contributed by atoms with E-state index in [0.29, 0.717) is 31.7 Å². The Labute approximate surface area is 192 Å². The molecule has 2 aliphatic rings. The summed E-state index contributed by atoms with van der Waals surface area (Å²) in [7, 11) is 0. The lowest BCUT2D eigenvalue weighted by Crippen LogP contribution is -2.54. The Balaban J connectivity index is 1.41. The average molecular weight is 456 g/mol. The average Bonchev–Trinajstić information content (AvgIpc) is 3.56. The van der Waals surface area contributed by atoms with Crippen molar-refractivity contribution in [1.82, 2.24) is 15.5 Å². The summed E-state index contributed by atoms with van der Waals surface area (Å²) < 4.78 is 18.5. The second kappa shape index (κ2) is 10.6. The summed E-state index contributed by atoms with van der Waals surface area (Å²) in [6.07, 6.45) is 6.93. The summed E-state index contributed by atoms with van der Waals surface area (Å²) in [5.41, 5.74) is 0.286. The maximum atomic E-state index is 13.2. The Bertz CT molecular complexity index is 947. The van der Waals surface area contributed by atoms with Gasteiger partial charge in [0.25, 0.3) is 5.91 Å². The molecule has 0 bridgehead atoms. The van der Waals surface area contributed by atoms with Crippen molar-refractivity contribution in [3.05, 3.63) is 59.8 Å². The minimum atomic E-state index is -0.763. The summed E-state index contributed by atoms with van der Waals surface area (Å²) in [6, 6.07) is 7.96. The Kier molecular flexibility index (Phi) is 7.42. The quantitative estimate of drug-likeness (QED) is 0.670. The Morgan fingerprint density at radius 2 is 1.73 bits per heavy atom.